The highest BCUT2D eigenvalue weighted by molar-refractivity contribution is 9.10. The van der Waals surface area contributed by atoms with Gasteiger partial charge in [0.15, 0.2) is 0 Å². The molecule has 3 nitrogen and oxygen atoms in total. The van der Waals surface area contributed by atoms with Crippen molar-refractivity contribution in [1.29, 1.82) is 0 Å². The lowest BCUT2D eigenvalue weighted by atomic mass is 9.93. The number of nitrogens with zero attached hydrogens (tertiary/aromatic N) is 1. The number of nitrogens with two attached hydrogens (primary N) is 1. The molecule has 1 aromatic rings. The molecule has 80 valence electrons. The molecule has 0 saturated heterocycles. The van der Waals surface area contributed by atoms with E-state index in [2.05, 4.69) is 20.9 Å². The maximum atomic E-state index is 5.70. The van der Waals surface area contributed by atoms with E-state index in [1.165, 1.54) is 0 Å². The van der Waals surface area contributed by atoms with Crippen molar-refractivity contribution < 1.29 is 4.74 Å². The van der Waals surface area contributed by atoms with E-state index in [4.69, 9.17) is 10.5 Å². The summed E-state index contributed by atoms with van der Waals surface area (Å²) in [5.41, 5.74) is 6.45. The van der Waals surface area contributed by atoms with Crippen molar-refractivity contribution in [2.24, 2.45) is 10.7 Å². The van der Waals surface area contributed by atoms with Crippen LogP contribution in [0.1, 0.15) is 12.5 Å². The van der Waals surface area contributed by atoms with Crippen LogP contribution in [0.5, 0.6) is 0 Å². The van der Waals surface area contributed by atoms with Crippen molar-refractivity contribution in [2.75, 3.05) is 13.2 Å². The molecule has 0 fully saturated rings. The van der Waals surface area contributed by atoms with Gasteiger partial charge in [0.2, 0.25) is 0 Å². The first kappa shape index (κ1) is 10.6. The highest BCUT2D eigenvalue weighted by Crippen LogP contribution is 2.29. The lowest BCUT2D eigenvalue weighted by Gasteiger charge is -2.30. The molecule has 0 bridgehead atoms. The Morgan fingerprint density at radius 3 is 3.00 bits per heavy atom. The number of hydrogen-bond donors (Lipinski definition) is 1. The first-order valence-corrected chi connectivity index (χ1v) is 5.57. The van der Waals surface area contributed by atoms with Crippen molar-refractivity contribution >= 4 is 21.8 Å². The van der Waals surface area contributed by atoms with Crippen LogP contribution < -0.4 is 5.73 Å². The molecular weight excluding hydrogens is 256 g/mol. The molecule has 0 radical (unpaired) electrons. The van der Waals surface area contributed by atoms with Crippen LogP contribution in [-0.4, -0.2) is 19.0 Å². The minimum Gasteiger partial charge on any atom is -0.386 e. The number of aliphatic imine (C=N–C) groups is 1. The summed E-state index contributed by atoms with van der Waals surface area (Å²) in [5.74, 6) is 0.559. The molecule has 0 aliphatic carbocycles. The number of ether oxygens (including phenoxy) is 1. The van der Waals surface area contributed by atoms with Crippen LogP contribution >= 0.6 is 15.9 Å². The van der Waals surface area contributed by atoms with Crippen molar-refractivity contribution in [3.05, 3.63) is 34.3 Å². The first-order valence-electron chi connectivity index (χ1n) is 4.78. The second-order valence-electron chi connectivity index (χ2n) is 3.88. The van der Waals surface area contributed by atoms with Gasteiger partial charge < -0.3 is 10.5 Å². The molecule has 15 heavy (non-hydrogen) atoms. The first-order chi connectivity index (χ1) is 7.10. The second-order valence-corrected chi connectivity index (χ2v) is 4.80. The lowest BCUT2D eigenvalue weighted by molar-refractivity contribution is 0.106. The molecule has 1 aliphatic heterocycles. The molecule has 0 unspecified atom stereocenters. The summed E-state index contributed by atoms with van der Waals surface area (Å²) in [4.78, 5) is 4.47. The highest BCUT2D eigenvalue weighted by Gasteiger charge is 2.29. The summed E-state index contributed by atoms with van der Waals surface area (Å²) in [6, 6.07) is 8.07. The summed E-state index contributed by atoms with van der Waals surface area (Å²) in [6.45, 7) is 3.04. The molecule has 0 amide bonds. The molecule has 1 heterocycles. The van der Waals surface area contributed by atoms with Crippen LogP contribution in [0.15, 0.2) is 33.7 Å². The maximum Gasteiger partial charge on any atom is 0.121 e. The zero-order valence-corrected chi connectivity index (χ0v) is 10.1. The third-order valence-electron chi connectivity index (χ3n) is 2.47. The smallest absolute Gasteiger partial charge is 0.121 e. The molecule has 2 rings (SSSR count). The van der Waals surface area contributed by atoms with Crippen molar-refractivity contribution in [2.45, 2.75) is 12.5 Å². The van der Waals surface area contributed by atoms with Gasteiger partial charge >= 0.3 is 0 Å². The fourth-order valence-electron chi connectivity index (χ4n) is 1.71. The SMILES string of the molecule is C[C@@]1(c2cccc(Br)c2)COCC(N)=N1. The quantitative estimate of drug-likeness (QED) is 0.848. The zero-order chi connectivity index (χ0) is 10.9. The summed E-state index contributed by atoms with van der Waals surface area (Å²) < 4.78 is 6.46. The minimum absolute atomic E-state index is 0.355. The van der Waals surface area contributed by atoms with E-state index in [9.17, 15) is 0 Å². The summed E-state index contributed by atoms with van der Waals surface area (Å²) in [5, 5.41) is 0. The van der Waals surface area contributed by atoms with Crippen LogP contribution in [0.4, 0.5) is 0 Å². The minimum atomic E-state index is -0.355. The number of rotatable bonds is 1. The highest BCUT2D eigenvalue weighted by atomic mass is 79.9. The van der Waals surface area contributed by atoms with E-state index in [-0.39, 0.29) is 5.54 Å². The zero-order valence-electron chi connectivity index (χ0n) is 8.53. The molecule has 0 aromatic heterocycles. The topological polar surface area (TPSA) is 47.6 Å². The molecule has 4 heteroatoms. The summed E-state index contributed by atoms with van der Waals surface area (Å²) in [6.07, 6.45) is 0. The summed E-state index contributed by atoms with van der Waals surface area (Å²) in [7, 11) is 0. The Bertz CT molecular complexity index is 405. The van der Waals surface area contributed by atoms with E-state index in [1.54, 1.807) is 0 Å². The number of hydrogen-bond acceptors (Lipinski definition) is 3. The Kier molecular flexibility index (Phi) is 2.80. The molecule has 1 aromatic carbocycles. The average Bonchev–Trinajstić information content (AvgIpc) is 2.17. The van der Waals surface area contributed by atoms with Crippen LogP contribution in [0, 0.1) is 0 Å². The Morgan fingerprint density at radius 2 is 2.33 bits per heavy atom. The predicted octanol–water partition coefficient (Wildman–Crippen LogP) is 2.05. The van der Waals surface area contributed by atoms with Gasteiger partial charge in [0.1, 0.15) is 18.0 Å². The summed E-state index contributed by atoms with van der Waals surface area (Å²) >= 11 is 3.45. The van der Waals surface area contributed by atoms with E-state index in [0.717, 1.165) is 10.0 Å². The molecule has 2 N–H and O–H groups in total. The maximum absolute atomic E-state index is 5.70. The van der Waals surface area contributed by atoms with Crippen molar-refractivity contribution in [3.63, 3.8) is 0 Å². The van der Waals surface area contributed by atoms with Gasteiger partial charge in [-0.15, -0.1) is 0 Å². The van der Waals surface area contributed by atoms with Gasteiger partial charge in [0.25, 0.3) is 0 Å². The molecular formula is C11H13BrN2O. The average molecular weight is 269 g/mol. The Labute approximate surface area is 97.5 Å². The van der Waals surface area contributed by atoms with Gasteiger partial charge in [-0.3, -0.25) is 4.99 Å². The van der Waals surface area contributed by atoms with E-state index >= 15 is 0 Å². The fourth-order valence-corrected chi connectivity index (χ4v) is 2.11. The fraction of sp³-hybridized carbons (Fsp3) is 0.364. The number of halogens is 1. The number of benzene rings is 1. The Hall–Kier alpha value is -0.870. The van der Waals surface area contributed by atoms with Crippen LogP contribution in [0.2, 0.25) is 0 Å². The van der Waals surface area contributed by atoms with Crippen molar-refractivity contribution in [1.82, 2.24) is 0 Å². The van der Waals surface area contributed by atoms with Crippen molar-refractivity contribution in [3.8, 4) is 0 Å². The van der Waals surface area contributed by atoms with E-state index in [0.29, 0.717) is 19.0 Å². The van der Waals surface area contributed by atoms with Crippen LogP contribution in [-0.2, 0) is 10.3 Å². The third-order valence-corrected chi connectivity index (χ3v) is 2.96. The van der Waals surface area contributed by atoms with Gasteiger partial charge in [-0.2, -0.15) is 0 Å². The Morgan fingerprint density at radius 1 is 1.53 bits per heavy atom. The predicted molar refractivity (Wildman–Crippen MR) is 63.9 cm³/mol. The molecule has 1 aliphatic rings. The molecule has 0 saturated carbocycles. The molecule has 1 atom stereocenters. The third kappa shape index (κ3) is 2.21. The van der Waals surface area contributed by atoms with E-state index in [1.807, 2.05) is 31.2 Å². The normalized spacial score (nSPS) is 26.1. The van der Waals surface area contributed by atoms with Gasteiger partial charge in [-0.25, -0.2) is 0 Å². The van der Waals surface area contributed by atoms with Gasteiger partial charge in [0, 0.05) is 4.47 Å². The van der Waals surface area contributed by atoms with Gasteiger partial charge in [-0.05, 0) is 24.6 Å². The second kappa shape index (κ2) is 3.94. The van der Waals surface area contributed by atoms with Gasteiger partial charge in [-0.1, -0.05) is 28.1 Å². The van der Waals surface area contributed by atoms with Gasteiger partial charge in [0.05, 0.1) is 6.61 Å². The van der Waals surface area contributed by atoms with E-state index < -0.39 is 0 Å². The van der Waals surface area contributed by atoms with Crippen LogP contribution in [0.25, 0.3) is 0 Å². The Balaban J connectivity index is 2.41. The molecule has 0 spiro atoms. The monoisotopic (exact) mass is 268 g/mol. The standard InChI is InChI=1S/C11H13BrN2O/c1-11(7-15-6-10(13)14-11)8-3-2-4-9(12)5-8/h2-5H,6-7H2,1H3,(H2,13,14)/t11-/m0/s1. The van der Waals surface area contributed by atoms with Crippen LogP contribution in [0.3, 0.4) is 0 Å². The number of amidine groups is 1. The lowest BCUT2D eigenvalue weighted by Crippen LogP contribution is -2.37. The largest absolute Gasteiger partial charge is 0.386 e.